The second-order valence-corrected chi connectivity index (χ2v) is 7.63. The molecule has 0 bridgehead atoms. The van der Waals surface area contributed by atoms with E-state index < -0.39 is 55.8 Å². The highest BCUT2D eigenvalue weighted by atomic mass is 32.2. The number of thiophene rings is 1. The highest BCUT2D eigenvalue weighted by molar-refractivity contribution is 7.89. The van der Waals surface area contributed by atoms with Crippen LogP contribution in [0.2, 0.25) is 0 Å². The number of aryl methyl sites for hydroxylation is 1. The normalized spacial score (nSPS) is 13.0. The molecule has 23 heavy (non-hydrogen) atoms. The number of nitrogens with zero attached hydrogens (tertiary/aromatic N) is 3. The molecule has 0 radical (unpaired) electrons. The van der Waals surface area contributed by atoms with Crippen molar-refractivity contribution in [2.24, 2.45) is 7.05 Å². The van der Waals surface area contributed by atoms with Crippen LogP contribution in [0.5, 0.6) is 0 Å². The van der Waals surface area contributed by atoms with E-state index in [0.717, 1.165) is 16.1 Å². The largest absolute Gasteiger partial charge is 0.425 e. The molecule has 5 nitrogen and oxygen atoms in total. The Hall–Kier alpha value is -1.56. The molecule has 2 aromatic heterocycles. The van der Waals surface area contributed by atoms with Gasteiger partial charge in [-0.15, -0.1) is 16.4 Å². The van der Waals surface area contributed by atoms with Crippen LogP contribution >= 0.6 is 11.3 Å². The first kappa shape index (κ1) is 17.8. The fraction of sp³-hybridized carbons (Fsp3) is 0.455. The number of halogens is 5. The van der Waals surface area contributed by atoms with Crippen LogP contribution in [0.3, 0.4) is 0 Å². The lowest BCUT2D eigenvalue weighted by Crippen LogP contribution is -2.13. The lowest BCUT2D eigenvalue weighted by molar-refractivity contribution is -0.134. The first-order valence-electron chi connectivity index (χ1n) is 6.02. The summed E-state index contributed by atoms with van der Waals surface area (Å²) in [4.78, 5) is -1.02. The maximum absolute atomic E-state index is 12.9. The van der Waals surface area contributed by atoms with E-state index >= 15 is 0 Å². The van der Waals surface area contributed by atoms with Crippen molar-refractivity contribution in [2.45, 2.75) is 24.1 Å². The minimum atomic E-state index is -4.67. The Morgan fingerprint density at radius 2 is 1.96 bits per heavy atom. The number of aromatic nitrogens is 3. The molecule has 0 aliphatic carbocycles. The smallest absolute Gasteiger partial charge is 0.246 e. The van der Waals surface area contributed by atoms with Crippen LogP contribution < -0.4 is 0 Å². The number of hydrogen-bond donors (Lipinski definition) is 0. The maximum atomic E-state index is 12.9. The molecule has 0 aliphatic rings. The first-order valence-corrected chi connectivity index (χ1v) is 8.72. The predicted molar refractivity (Wildman–Crippen MR) is 71.6 cm³/mol. The van der Waals surface area contributed by atoms with Crippen LogP contribution in [0.15, 0.2) is 11.4 Å². The molecule has 0 saturated heterocycles. The zero-order chi connectivity index (χ0) is 17.4. The van der Waals surface area contributed by atoms with E-state index in [9.17, 15) is 30.4 Å². The van der Waals surface area contributed by atoms with Crippen molar-refractivity contribution in [1.29, 1.82) is 0 Å². The SMILES string of the molecule is Cn1nnc(CS(=O)(=O)Cc2ccsc2C(F)(F)F)c1C(F)F. The summed E-state index contributed by atoms with van der Waals surface area (Å²) in [5.74, 6) is -1.82. The summed E-state index contributed by atoms with van der Waals surface area (Å²) in [6, 6.07) is 1.05. The average Bonchev–Trinajstić information content (AvgIpc) is 2.94. The Bertz CT molecular complexity index is 795. The zero-order valence-corrected chi connectivity index (χ0v) is 13.1. The van der Waals surface area contributed by atoms with Crippen molar-refractivity contribution in [3.8, 4) is 0 Å². The minimum Gasteiger partial charge on any atom is -0.246 e. The Kier molecular flexibility index (Phi) is 4.76. The van der Waals surface area contributed by atoms with Crippen LogP contribution in [0.25, 0.3) is 0 Å². The van der Waals surface area contributed by atoms with E-state index in [1.165, 1.54) is 7.05 Å². The predicted octanol–water partition coefficient (Wildman–Crippen LogP) is 2.95. The first-order chi connectivity index (χ1) is 10.5. The van der Waals surface area contributed by atoms with E-state index in [-0.39, 0.29) is 0 Å². The molecule has 0 unspecified atom stereocenters. The van der Waals surface area contributed by atoms with E-state index in [1.54, 1.807) is 0 Å². The van der Waals surface area contributed by atoms with Crippen LogP contribution in [0, 0.1) is 0 Å². The monoisotopic (exact) mass is 375 g/mol. The van der Waals surface area contributed by atoms with Gasteiger partial charge in [0.15, 0.2) is 9.84 Å². The van der Waals surface area contributed by atoms with Crippen LogP contribution in [0.4, 0.5) is 22.0 Å². The number of hydrogen-bond acceptors (Lipinski definition) is 5. The zero-order valence-electron chi connectivity index (χ0n) is 11.5. The summed E-state index contributed by atoms with van der Waals surface area (Å²) < 4.78 is 88.8. The highest BCUT2D eigenvalue weighted by Crippen LogP contribution is 2.37. The summed E-state index contributed by atoms with van der Waals surface area (Å²) in [5.41, 5.74) is -1.55. The van der Waals surface area contributed by atoms with Crippen LogP contribution in [-0.4, -0.2) is 23.4 Å². The van der Waals surface area contributed by atoms with E-state index in [1.807, 2.05) is 0 Å². The molecule has 0 fully saturated rings. The maximum Gasteiger partial charge on any atom is 0.425 e. The molecular formula is C11H10F5N3O2S2. The molecule has 2 rings (SSSR count). The second-order valence-electron chi connectivity index (χ2n) is 4.65. The summed E-state index contributed by atoms with van der Waals surface area (Å²) in [5, 5.41) is 7.80. The van der Waals surface area contributed by atoms with Crippen LogP contribution in [-0.2, 0) is 34.6 Å². The van der Waals surface area contributed by atoms with Gasteiger partial charge >= 0.3 is 6.18 Å². The van der Waals surface area contributed by atoms with Crippen molar-refractivity contribution < 1.29 is 30.4 Å². The quantitative estimate of drug-likeness (QED) is 0.754. The molecule has 0 spiro atoms. The summed E-state index contributed by atoms with van der Waals surface area (Å²) in [6.07, 6.45) is -7.66. The average molecular weight is 375 g/mol. The molecule has 0 atom stereocenters. The van der Waals surface area contributed by atoms with Gasteiger partial charge in [0.25, 0.3) is 6.43 Å². The Morgan fingerprint density at radius 1 is 1.30 bits per heavy atom. The van der Waals surface area contributed by atoms with Gasteiger partial charge in [-0.25, -0.2) is 21.9 Å². The Morgan fingerprint density at radius 3 is 2.52 bits per heavy atom. The number of alkyl halides is 5. The number of sulfone groups is 1. The van der Waals surface area contributed by atoms with Gasteiger partial charge in [0.1, 0.15) is 16.3 Å². The molecule has 0 aromatic carbocycles. The van der Waals surface area contributed by atoms with Gasteiger partial charge in [-0.05, 0) is 17.0 Å². The lowest BCUT2D eigenvalue weighted by atomic mass is 10.3. The summed E-state index contributed by atoms with van der Waals surface area (Å²) in [7, 11) is -2.95. The van der Waals surface area contributed by atoms with Crippen molar-refractivity contribution in [2.75, 3.05) is 0 Å². The molecule has 0 saturated carbocycles. The van der Waals surface area contributed by atoms with Gasteiger partial charge in [0.2, 0.25) is 0 Å². The van der Waals surface area contributed by atoms with Gasteiger partial charge in [-0.2, -0.15) is 13.2 Å². The van der Waals surface area contributed by atoms with Crippen molar-refractivity contribution in [3.05, 3.63) is 33.3 Å². The second kappa shape index (κ2) is 6.15. The summed E-state index contributed by atoms with van der Waals surface area (Å²) in [6.45, 7) is 0. The van der Waals surface area contributed by atoms with Crippen molar-refractivity contribution >= 4 is 21.2 Å². The van der Waals surface area contributed by atoms with Gasteiger partial charge in [-0.3, -0.25) is 0 Å². The van der Waals surface area contributed by atoms with Crippen molar-refractivity contribution in [1.82, 2.24) is 15.0 Å². The highest BCUT2D eigenvalue weighted by Gasteiger charge is 2.36. The Labute approximate surface area is 131 Å². The molecule has 128 valence electrons. The topological polar surface area (TPSA) is 64.8 Å². The molecule has 2 heterocycles. The standard InChI is InChI=1S/C11H10F5N3O2S2/c1-19-8(10(12)13)7(17-18-19)5-23(20,21)4-6-2-3-22-9(6)11(14,15)16/h2-3,10H,4-5H2,1H3. The molecule has 2 aromatic rings. The number of rotatable bonds is 5. The third-order valence-corrected chi connectivity index (χ3v) is 5.35. The molecule has 0 aliphatic heterocycles. The van der Waals surface area contributed by atoms with E-state index in [2.05, 4.69) is 10.3 Å². The molecule has 0 N–H and O–H groups in total. The third kappa shape index (κ3) is 4.05. The Balaban J connectivity index is 2.27. The van der Waals surface area contributed by atoms with E-state index in [4.69, 9.17) is 0 Å². The van der Waals surface area contributed by atoms with Gasteiger partial charge < -0.3 is 0 Å². The third-order valence-electron chi connectivity index (χ3n) is 2.89. The fourth-order valence-electron chi connectivity index (χ4n) is 1.97. The van der Waals surface area contributed by atoms with E-state index in [0.29, 0.717) is 11.3 Å². The van der Waals surface area contributed by atoms with Gasteiger partial charge in [0.05, 0.1) is 11.5 Å². The molecule has 12 heteroatoms. The van der Waals surface area contributed by atoms with Gasteiger partial charge in [-0.1, -0.05) is 5.21 Å². The minimum absolute atomic E-state index is 0.374. The van der Waals surface area contributed by atoms with Crippen molar-refractivity contribution in [3.63, 3.8) is 0 Å². The molecular weight excluding hydrogens is 365 g/mol. The molecule has 0 amide bonds. The fourth-order valence-corrected chi connectivity index (χ4v) is 4.30. The summed E-state index contributed by atoms with van der Waals surface area (Å²) >= 11 is 0.374. The van der Waals surface area contributed by atoms with Gasteiger partial charge in [0, 0.05) is 7.05 Å². The van der Waals surface area contributed by atoms with Crippen LogP contribution in [0.1, 0.15) is 28.3 Å². The lowest BCUT2D eigenvalue weighted by Gasteiger charge is -2.08.